The molecule has 1 amide bonds. The smallest absolute Gasteiger partial charge is 0.251 e. The summed E-state index contributed by atoms with van der Waals surface area (Å²) in [7, 11) is 0. The quantitative estimate of drug-likeness (QED) is 0.802. The molecule has 1 saturated carbocycles. The van der Waals surface area contributed by atoms with Gasteiger partial charge in [-0.25, -0.2) is 4.39 Å². The minimum Gasteiger partial charge on any atom is -0.360 e. The van der Waals surface area contributed by atoms with Crippen molar-refractivity contribution in [2.75, 3.05) is 26.2 Å². The first-order valence-electron chi connectivity index (χ1n) is 9.50. The van der Waals surface area contributed by atoms with E-state index in [1.165, 1.54) is 6.07 Å². The number of likely N-dealkylation sites (tertiary alicyclic amines) is 1. The second-order valence-electron chi connectivity index (χ2n) is 7.82. The molecular formula is C20H28ClFN2O2. The average Bonchev–Trinajstić information content (AvgIpc) is 3.44. The zero-order valence-corrected chi connectivity index (χ0v) is 16.1. The Kier molecular flexibility index (Phi) is 5.90. The molecule has 26 heavy (non-hydrogen) atoms. The third-order valence-electron chi connectivity index (χ3n) is 5.93. The van der Waals surface area contributed by atoms with Gasteiger partial charge in [0.1, 0.15) is 11.9 Å². The van der Waals surface area contributed by atoms with Crippen LogP contribution in [0.1, 0.15) is 38.2 Å². The SMILES string of the molecule is CC1OC2(CCN(CCc3ccccc3F)CC2)CN(C2CC2)C1=O.Cl. The number of piperidine rings is 1. The first-order chi connectivity index (χ1) is 12.1. The fourth-order valence-corrected chi connectivity index (χ4v) is 4.22. The van der Waals surface area contributed by atoms with E-state index in [9.17, 15) is 9.18 Å². The number of rotatable bonds is 4. The zero-order valence-electron chi connectivity index (χ0n) is 15.3. The third-order valence-corrected chi connectivity index (χ3v) is 5.93. The Morgan fingerprint density at radius 2 is 1.92 bits per heavy atom. The first-order valence-corrected chi connectivity index (χ1v) is 9.50. The van der Waals surface area contributed by atoms with Crippen LogP contribution in [0, 0.1) is 5.82 Å². The summed E-state index contributed by atoms with van der Waals surface area (Å²) in [5, 5.41) is 0. The molecule has 2 heterocycles. The van der Waals surface area contributed by atoms with Gasteiger partial charge < -0.3 is 14.5 Å². The van der Waals surface area contributed by atoms with E-state index in [4.69, 9.17) is 4.74 Å². The van der Waals surface area contributed by atoms with Crippen molar-refractivity contribution < 1.29 is 13.9 Å². The summed E-state index contributed by atoms with van der Waals surface area (Å²) in [5.41, 5.74) is 0.612. The normalized spacial score (nSPS) is 26.0. The van der Waals surface area contributed by atoms with Crippen LogP contribution < -0.4 is 0 Å². The molecule has 4 nitrogen and oxygen atoms in total. The number of amides is 1. The van der Waals surface area contributed by atoms with E-state index < -0.39 is 0 Å². The highest BCUT2D eigenvalue weighted by atomic mass is 35.5. The lowest BCUT2D eigenvalue weighted by Gasteiger charge is -2.49. The largest absolute Gasteiger partial charge is 0.360 e. The number of hydrogen-bond donors (Lipinski definition) is 0. The van der Waals surface area contributed by atoms with Gasteiger partial charge >= 0.3 is 0 Å². The van der Waals surface area contributed by atoms with Crippen molar-refractivity contribution in [3.8, 4) is 0 Å². The van der Waals surface area contributed by atoms with Crippen LogP contribution in [0.5, 0.6) is 0 Å². The Hall–Kier alpha value is -1.17. The second kappa shape index (κ2) is 7.83. The van der Waals surface area contributed by atoms with Gasteiger partial charge in [-0.15, -0.1) is 12.4 Å². The van der Waals surface area contributed by atoms with Crippen LogP contribution >= 0.6 is 12.4 Å². The summed E-state index contributed by atoms with van der Waals surface area (Å²) >= 11 is 0. The number of carbonyl (C=O) groups is 1. The molecule has 6 heteroatoms. The molecule has 0 aromatic heterocycles. The highest BCUT2D eigenvalue weighted by Gasteiger charge is 2.48. The maximum absolute atomic E-state index is 13.8. The van der Waals surface area contributed by atoms with Gasteiger partial charge in [-0.3, -0.25) is 4.79 Å². The minimum absolute atomic E-state index is 0. The topological polar surface area (TPSA) is 32.8 Å². The number of ether oxygens (including phenoxy) is 1. The predicted molar refractivity (Wildman–Crippen MR) is 101 cm³/mol. The fraction of sp³-hybridized carbons (Fsp3) is 0.650. The Balaban J connectivity index is 0.00000196. The van der Waals surface area contributed by atoms with Crippen LogP contribution in [0.25, 0.3) is 0 Å². The van der Waals surface area contributed by atoms with E-state index in [-0.39, 0.29) is 35.8 Å². The maximum atomic E-state index is 13.8. The van der Waals surface area contributed by atoms with Gasteiger partial charge in [-0.05, 0) is 50.7 Å². The Morgan fingerprint density at radius 3 is 2.58 bits per heavy atom. The van der Waals surface area contributed by atoms with Crippen molar-refractivity contribution in [2.45, 2.75) is 56.8 Å². The molecule has 3 aliphatic rings. The molecule has 1 unspecified atom stereocenters. The van der Waals surface area contributed by atoms with Gasteiger partial charge in [0.15, 0.2) is 0 Å². The molecule has 1 spiro atoms. The molecule has 3 fully saturated rings. The summed E-state index contributed by atoms with van der Waals surface area (Å²) in [4.78, 5) is 16.8. The van der Waals surface area contributed by atoms with Crippen LogP contribution in [0.4, 0.5) is 4.39 Å². The monoisotopic (exact) mass is 382 g/mol. The molecule has 0 bridgehead atoms. The highest BCUT2D eigenvalue weighted by molar-refractivity contribution is 5.85. The molecule has 2 saturated heterocycles. The number of morpholine rings is 1. The van der Waals surface area contributed by atoms with Crippen LogP contribution in [0.15, 0.2) is 24.3 Å². The lowest BCUT2D eigenvalue weighted by molar-refractivity contribution is -0.190. The first kappa shape index (κ1) is 19.6. The number of benzene rings is 1. The number of hydrogen-bond acceptors (Lipinski definition) is 3. The van der Waals surface area contributed by atoms with Gasteiger partial charge in [0, 0.05) is 25.7 Å². The van der Waals surface area contributed by atoms with Crippen LogP contribution in [0.3, 0.4) is 0 Å². The summed E-state index contributed by atoms with van der Waals surface area (Å²) < 4.78 is 19.9. The molecule has 1 aromatic rings. The van der Waals surface area contributed by atoms with E-state index in [1.807, 2.05) is 19.1 Å². The van der Waals surface area contributed by atoms with Crippen LogP contribution in [-0.2, 0) is 16.0 Å². The lowest BCUT2D eigenvalue weighted by Crippen LogP contribution is -2.61. The van der Waals surface area contributed by atoms with Crippen LogP contribution in [-0.4, -0.2) is 59.6 Å². The average molecular weight is 383 g/mol. The summed E-state index contributed by atoms with van der Waals surface area (Å²) in [6.07, 6.45) is 4.60. The number of halogens is 2. The number of nitrogens with zero attached hydrogens (tertiary/aromatic N) is 2. The molecule has 4 rings (SSSR count). The maximum Gasteiger partial charge on any atom is 0.251 e. The Bertz CT molecular complexity index is 644. The van der Waals surface area contributed by atoms with E-state index in [0.717, 1.165) is 63.8 Å². The van der Waals surface area contributed by atoms with Crippen molar-refractivity contribution in [1.82, 2.24) is 9.80 Å². The summed E-state index contributed by atoms with van der Waals surface area (Å²) in [6, 6.07) is 7.48. The summed E-state index contributed by atoms with van der Waals surface area (Å²) in [6.45, 7) is 5.42. The van der Waals surface area contributed by atoms with Gasteiger partial charge in [0.2, 0.25) is 0 Å². The van der Waals surface area contributed by atoms with E-state index in [0.29, 0.717) is 6.04 Å². The predicted octanol–water partition coefficient (Wildman–Crippen LogP) is 3.03. The van der Waals surface area contributed by atoms with E-state index in [1.54, 1.807) is 6.07 Å². The van der Waals surface area contributed by atoms with Gasteiger partial charge in [0.25, 0.3) is 5.91 Å². The molecule has 2 aliphatic heterocycles. The third kappa shape index (κ3) is 4.05. The van der Waals surface area contributed by atoms with Gasteiger partial charge in [0.05, 0.1) is 12.1 Å². The summed E-state index contributed by atoms with van der Waals surface area (Å²) in [5.74, 6) is 0.0501. The second-order valence-corrected chi connectivity index (χ2v) is 7.82. The molecular weight excluding hydrogens is 355 g/mol. The molecule has 1 atom stereocenters. The fourth-order valence-electron chi connectivity index (χ4n) is 4.22. The minimum atomic E-state index is -0.320. The molecule has 144 valence electrons. The molecule has 0 N–H and O–H groups in total. The molecule has 1 aliphatic carbocycles. The van der Waals surface area contributed by atoms with Crippen molar-refractivity contribution in [3.63, 3.8) is 0 Å². The Morgan fingerprint density at radius 1 is 1.23 bits per heavy atom. The van der Waals surface area contributed by atoms with Crippen molar-refractivity contribution in [2.24, 2.45) is 0 Å². The van der Waals surface area contributed by atoms with Crippen molar-refractivity contribution in [1.29, 1.82) is 0 Å². The lowest BCUT2D eigenvalue weighted by atomic mass is 9.88. The van der Waals surface area contributed by atoms with Gasteiger partial charge in [-0.1, -0.05) is 18.2 Å². The van der Waals surface area contributed by atoms with Gasteiger partial charge in [-0.2, -0.15) is 0 Å². The zero-order chi connectivity index (χ0) is 17.4. The highest BCUT2D eigenvalue weighted by Crippen LogP contribution is 2.38. The molecule has 0 radical (unpaired) electrons. The number of carbonyl (C=O) groups excluding carboxylic acids is 1. The van der Waals surface area contributed by atoms with E-state index in [2.05, 4.69) is 9.80 Å². The van der Waals surface area contributed by atoms with Crippen molar-refractivity contribution >= 4 is 18.3 Å². The van der Waals surface area contributed by atoms with Crippen LogP contribution in [0.2, 0.25) is 0 Å². The Labute approximate surface area is 161 Å². The van der Waals surface area contributed by atoms with Crippen molar-refractivity contribution in [3.05, 3.63) is 35.6 Å². The molecule has 1 aromatic carbocycles. The standard InChI is InChI=1S/C20H27FN2O2.ClH/c1-15-19(24)23(17-6-7-17)14-20(25-15)9-12-22(13-10-20)11-8-16-4-2-3-5-18(16)21;/h2-5,15,17H,6-14H2,1H3;1H. The van der Waals surface area contributed by atoms with E-state index >= 15 is 0 Å².